The Kier molecular flexibility index (Phi) is 14.8. The van der Waals surface area contributed by atoms with Crippen molar-refractivity contribution >= 4 is 57.6 Å². The zero-order chi connectivity index (χ0) is 44.4. The molecule has 0 unspecified atom stereocenters. The molecule has 19 nitrogen and oxygen atoms in total. The van der Waals surface area contributed by atoms with Crippen molar-refractivity contribution in [3.05, 3.63) is 94.6 Å². The minimum absolute atomic E-state index is 0.159. The highest BCUT2D eigenvalue weighted by molar-refractivity contribution is 6.05. The Morgan fingerprint density at radius 1 is 0.689 bits per heavy atom. The molecule has 0 bridgehead atoms. The summed E-state index contributed by atoms with van der Waals surface area (Å²) in [7, 11) is 3.29. The summed E-state index contributed by atoms with van der Waals surface area (Å²) in [6, 6.07) is 9.51. The van der Waals surface area contributed by atoms with E-state index in [1.807, 2.05) is 59.0 Å². The van der Waals surface area contributed by atoms with Crippen LogP contribution in [0.2, 0.25) is 0 Å². The van der Waals surface area contributed by atoms with Crippen LogP contribution in [0.3, 0.4) is 0 Å². The predicted molar refractivity (Wildman–Crippen MR) is 233 cm³/mol. The largest absolute Gasteiger partial charge is 0.494 e. The van der Waals surface area contributed by atoms with E-state index < -0.39 is 23.6 Å². The Balaban J connectivity index is 0.00000347. The minimum atomic E-state index is -0.673. The molecule has 0 atom stereocenters. The van der Waals surface area contributed by atoms with Gasteiger partial charge in [-0.05, 0) is 71.1 Å². The van der Waals surface area contributed by atoms with Gasteiger partial charge in [0.1, 0.15) is 40.5 Å². The number of ether oxygens (including phenoxy) is 2. The average Bonchev–Trinajstić information content (AvgIpc) is 4.01. The lowest BCUT2D eigenvalue weighted by atomic mass is 10.1. The molecule has 0 fully saturated rings. The molecule has 0 aliphatic carbocycles. The molecule has 322 valence electrons. The SMILES string of the molecule is CC.CCn1nc(C)cc1C(=O)Nc1nc2cc(C(N)=O)cc(OC)c2n1C/C=C/Cn1c(NC(=O)c2cc(C)nn2CC)nc2cc(C(N)=O)cc(OC/C=C/CNC)c21. The number of nitrogens with zero attached hydrogens (tertiary/aromatic N) is 8. The lowest BCUT2D eigenvalue weighted by Gasteiger charge is -2.13. The number of allylic oxidation sites excluding steroid dienone is 2. The Morgan fingerprint density at radius 3 is 1.57 bits per heavy atom. The summed E-state index contributed by atoms with van der Waals surface area (Å²) in [6.07, 6.45) is 7.41. The van der Waals surface area contributed by atoms with Crippen LogP contribution in [0.1, 0.15) is 80.8 Å². The van der Waals surface area contributed by atoms with Crippen LogP contribution in [0, 0.1) is 13.8 Å². The maximum absolute atomic E-state index is 13.7. The van der Waals surface area contributed by atoms with Gasteiger partial charge in [0.15, 0.2) is 0 Å². The van der Waals surface area contributed by atoms with Crippen LogP contribution < -0.4 is 36.9 Å². The normalized spacial score (nSPS) is 11.3. The number of imidazole rings is 2. The van der Waals surface area contributed by atoms with Gasteiger partial charge in [-0.2, -0.15) is 10.2 Å². The van der Waals surface area contributed by atoms with Gasteiger partial charge in [0.2, 0.25) is 23.7 Å². The number of rotatable bonds is 18. The maximum atomic E-state index is 13.7. The number of benzene rings is 2. The maximum Gasteiger partial charge on any atom is 0.276 e. The molecular formula is C42H53N13O6. The van der Waals surface area contributed by atoms with E-state index in [1.165, 1.54) is 19.2 Å². The van der Waals surface area contributed by atoms with Crippen molar-refractivity contribution < 1.29 is 28.7 Å². The molecule has 0 aliphatic rings. The Labute approximate surface area is 352 Å². The molecule has 0 saturated heterocycles. The smallest absolute Gasteiger partial charge is 0.276 e. The third-order valence-electron chi connectivity index (χ3n) is 9.29. The first-order valence-corrected chi connectivity index (χ1v) is 19.9. The number of carbonyl (C=O) groups excluding carboxylic acids is 4. The quantitative estimate of drug-likeness (QED) is 0.0750. The Hall–Kier alpha value is -7.28. The fourth-order valence-corrected chi connectivity index (χ4v) is 6.59. The van der Waals surface area contributed by atoms with E-state index in [1.54, 1.807) is 56.6 Å². The van der Waals surface area contributed by atoms with Crippen molar-refractivity contribution in [3.63, 3.8) is 0 Å². The number of hydrogen-bond acceptors (Lipinski definition) is 11. The zero-order valence-corrected chi connectivity index (χ0v) is 35.7. The van der Waals surface area contributed by atoms with Crippen molar-refractivity contribution in [2.75, 3.05) is 37.9 Å². The molecule has 0 aliphatic heterocycles. The van der Waals surface area contributed by atoms with Gasteiger partial charge in [0.05, 0.1) is 29.5 Å². The Morgan fingerprint density at radius 2 is 1.15 bits per heavy atom. The number of aromatic nitrogens is 8. The number of aryl methyl sites for hydroxylation is 4. The summed E-state index contributed by atoms with van der Waals surface area (Å²) < 4.78 is 18.5. The van der Waals surface area contributed by atoms with Crippen molar-refractivity contribution in [2.45, 2.75) is 67.7 Å². The van der Waals surface area contributed by atoms with E-state index in [2.05, 4.69) is 31.1 Å². The molecule has 61 heavy (non-hydrogen) atoms. The van der Waals surface area contributed by atoms with Crippen molar-refractivity contribution in [3.8, 4) is 11.5 Å². The summed E-state index contributed by atoms with van der Waals surface area (Å²) in [6.45, 7) is 13.5. The summed E-state index contributed by atoms with van der Waals surface area (Å²) in [5.74, 6) is -1.22. The van der Waals surface area contributed by atoms with Crippen LogP contribution in [-0.2, 0) is 26.2 Å². The van der Waals surface area contributed by atoms with E-state index in [9.17, 15) is 19.2 Å². The topological polar surface area (TPSA) is 246 Å². The molecular weight excluding hydrogens is 783 g/mol. The van der Waals surface area contributed by atoms with Crippen LogP contribution in [-0.4, -0.2) is 89.6 Å². The molecule has 4 aromatic heterocycles. The van der Waals surface area contributed by atoms with Crippen molar-refractivity contribution in [1.29, 1.82) is 0 Å². The van der Waals surface area contributed by atoms with Gasteiger partial charge < -0.3 is 35.4 Å². The molecule has 0 radical (unpaired) electrons. The van der Waals surface area contributed by atoms with E-state index in [0.29, 0.717) is 76.0 Å². The molecule has 19 heteroatoms. The number of hydrogen-bond donors (Lipinski definition) is 5. The highest BCUT2D eigenvalue weighted by atomic mass is 16.5. The molecule has 0 saturated carbocycles. The number of primary amides is 2. The van der Waals surface area contributed by atoms with E-state index in [-0.39, 0.29) is 42.7 Å². The second-order valence-electron chi connectivity index (χ2n) is 13.4. The second kappa shape index (κ2) is 20.1. The predicted octanol–water partition coefficient (Wildman–Crippen LogP) is 4.58. The summed E-state index contributed by atoms with van der Waals surface area (Å²) in [5.41, 5.74) is 15.5. The zero-order valence-electron chi connectivity index (χ0n) is 35.7. The van der Waals surface area contributed by atoms with Gasteiger partial charge in [-0.15, -0.1) is 0 Å². The summed E-state index contributed by atoms with van der Waals surface area (Å²) >= 11 is 0. The number of anilines is 2. The van der Waals surface area contributed by atoms with Gasteiger partial charge in [0.25, 0.3) is 11.8 Å². The van der Waals surface area contributed by atoms with Crippen molar-refractivity contribution in [1.82, 2.24) is 44.0 Å². The number of nitrogens with two attached hydrogens (primary N) is 2. The van der Waals surface area contributed by atoms with Gasteiger partial charge in [0, 0.05) is 43.9 Å². The fourth-order valence-electron chi connectivity index (χ4n) is 6.59. The molecule has 7 N–H and O–H groups in total. The highest BCUT2D eigenvalue weighted by Crippen LogP contribution is 2.33. The minimum Gasteiger partial charge on any atom is -0.494 e. The van der Waals surface area contributed by atoms with Gasteiger partial charge >= 0.3 is 0 Å². The number of likely N-dealkylation sites (N-methyl/N-ethyl adjacent to an activating group) is 1. The van der Waals surface area contributed by atoms with E-state index in [0.717, 1.165) is 0 Å². The summed E-state index contributed by atoms with van der Waals surface area (Å²) in [4.78, 5) is 61.4. The van der Waals surface area contributed by atoms with Crippen LogP contribution in [0.15, 0.2) is 60.7 Å². The van der Waals surface area contributed by atoms with Gasteiger partial charge in [-0.25, -0.2) is 9.97 Å². The molecule has 6 aromatic rings. The first kappa shape index (κ1) is 44.8. The van der Waals surface area contributed by atoms with E-state index in [4.69, 9.17) is 25.9 Å². The number of nitrogens with one attached hydrogen (secondary N) is 3. The number of carbonyl (C=O) groups is 4. The third kappa shape index (κ3) is 9.96. The lowest BCUT2D eigenvalue weighted by molar-refractivity contribution is 0.0991. The first-order valence-electron chi connectivity index (χ1n) is 19.9. The first-order chi connectivity index (χ1) is 29.4. The van der Waals surface area contributed by atoms with Crippen LogP contribution >= 0.6 is 0 Å². The molecule has 2 aromatic carbocycles. The highest BCUT2D eigenvalue weighted by Gasteiger charge is 2.23. The molecule has 4 amide bonds. The second-order valence-corrected chi connectivity index (χ2v) is 13.4. The van der Waals surface area contributed by atoms with Crippen LogP contribution in [0.5, 0.6) is 11.5 Å². The number of methoxy groups -OCH3 is 1. The average molecular weight is 836 g/mol. The lowest BCUT2D eigenvalue weighted by Crippen LogP contribution is -2.20. The molecule has 6 rings (SSSR count). The van der Waals surface area contributed by atoms with Crippen LogP contribution in [0.4, 0.5) is 11.9 Å². The van der Waals surface area contributed by atoms with Gasteiger partial charge in [-0.3, -0.25) is 39.2 Å². The Bertz CT molecular complexity index is 2630. The van der Waals surface area contributed by atoms with E-state index >= 15 is 0 Å². The van der Waals surface area contributed by atoms with Crippen LogP contribution in [0.25, 0.3) is 22.1 Å². The number of fused-ring (bicyclic) bond motifs is 2. The monoisotopic (exact) mass is 835 g/mol. The van der Waals surface area contributed by atoms with Crippen molar-refractivity contribution in [2.24, 2.45) is 11.5 Å². The molecule has 0 spiro atoms. The number of amides is 4. The van der Waals surface area contributed by atoms with Gasteiger partial charge in [-0.1, -0.05) is 38.2 Å². The molecule has 4 heterocycles. The fraction of sp³-hybridized carbons (Fsp3) is 0.333. The summed E-state index contributed by atoms with van der Waals surface area (Å²) in [5, 5.41) is 17.7. The standard InChI is InChI=1S/C40H47N13O6.C2H6/c1-7-52-29(17-23(3)48-52)37(56)46-39-44-27-19-25(35(41)54)21-31(58-6)33(27)50(39)14-10-11-15-51-34-28(20-26(36(42)55)22-32(34)59-16-12-9-13-43-5)45-40(51)47-38(57)30-18-24(4)49-53(30)8-2;1-2/h9-12,17-22,43H,7-8,13-16H2,1-6H3,(H2,41,54)(H2,42,55)(H,44,46,56)(H,45,47,57);1-2H3/b11-10+,12-9+;. The third-order valence-corrected chi connectivity index (χ3v) is 9.29.